The van der Waals surface area contributed by atoms with E-state index in [2.05, 4.69) is 5.32 Å². The summed E-state index contributed by atoms with van der Waals surface area (Å²) in [4.78, 5) is 52.8. The molecule has 270 valence electrons. The second kappa shape index (κ2) is 17.3. The summed E-state index contributed by atoms with van der Waals surface area (Å²) in [6, 6.07) is 15.0. The average molecular weight is 766 g/mol. The molecule has 0 fully saturated rings. The van der Waals surface area contributed by atoms with Crippen molar-refractivity contribution < 1.29 is 50.6 Å². The van der Waals surface area contributed by atoms with E-state index in [4.69, 9.17) is 44.3 Å². The summed E-state index contributed by atoms with van der Waals surface area (Å²) in [7, 11) is 1.39. The molecule has 0 aromatic heterocycles. The quantitative estimate of drug-likeness (QED) is 0.115. The van der Waals surface area contributed by atoms with Gasteiger partial charge in [0.2, 0.25) is 5.78 Å². The zero-order valence-corrected chi connectivity index (χ0v) is 29.0. The number of rotatable bonds is 16. The third kappa shape index (κ3) is 11.6. The molecule has 0 heterocycles. The lowest BCUT2D eigenvalue weighted by Crippen LogP contribution is -2.51. The van der Waals surface area contributed by atoms with Crippen molar-refractivity contribution in [3.8, 4) is 11.5 Å². The second-order valence-electron chi connectivity index (χ2n) is 11.5. The van der Waals surface area contributed by atoms with E-state index < -0.39 is 72.4 Å². The topological polar surface area (TPSA) is 111 Å². The molecule has 3 aromatic rings. The molecule has 0 saturated heterocycles. The minimum atomic E-state index is -5.01. The van der Waals surface area contributed by atoms with Crippen LogP contribution in [0.15, 0.2) is 66.7 Å². The Morgan fingerprint density at radius 1 is 0.820 bits per heavy atom. The normalized spacial score (nSPS) is 13.6. The lowest BCUT2D eigenvalue weighted by Gasteiger charge is -2.27. The van der Waals surface area contributed by atoms with E-state index in [1.165, 1.54) is 63.4 Å². The number of hydrogen-bond donors (Lipinski definition) is 2. The lowest BCUT2D eigenvalue weighted by atomic mass is 9.82. The molecule has 0 aliphatic heterocycles. The summed E-state index contributed by atoms with van der Waals surface area (Å²) in [5, 5.41) is 4.37. The third-order valence-corrected chi connectivity index (χ3v) is 8.05. The monoisotopic (exact) mass is 764 g/mol. The number of ether oxygens (including phenoxy) is 2. The van der Waals surface area contributed by atoms with E-state index in [0.29, 0.717) is 16.3 Å². The van der Waals surface area contributed by atoms with Crippen LogP contribution in [0.2, 0.25) is 15.1 Å². The summed E-state index contributed by atoms with van der Waals surface area (Å²) in [5.74, 6) is -13.5. The van der Waals surface area contributed by atoms with Gasteiger partial charge < -0.3 is 20.1 Å². The zero-order chi connectivity index (χ0) is 37.4. The summed E-state index contributed by atoms with van der Waals surface area (Å²) in [6.07, 6.45) is -7.36. The number of nitrogens with one attached hydrogen (secondary N) is 2. The molecular formula is C34H32Cl3F5N2O6. The number of Topliss-reactive ketones (excluding diaryl/α,β-unsaturated/α-hetero) is 2. The summed E-state index contributed by atoms with van der Waals surface area (Å²) < 4.78 is 78.6. The number of methoxy groups -OCH3 is 1. The Bertz CT molecular complexity index is 1670. The number of carbonyl (C=O) groups excluding carboxylic acids is 4. The highest BCUT2D eigenvalue weighted by Crippen LogP contribution is 2.31. The van der Waals surface area contributed by atoms with Crippen molar-refractivity contribution in [2.75, 3.05) is 13.7 Å². The molecule has 0 aliphatic carbocycles. The van der Waals surface area contributed by atoms with Crippen LogP contribution in [0.3, 0.4) is 0 Å². The smallest absolute Gasteiger partial charge is 0.405 e. The van der Waals surface area contributed by atoms with E-state index in [1.807, 2.05) is 0 Å². The summed E-state index contributed by atoms with van der Waals surface area (Å²) >= 11 is 18.4. The number of hydrogen-bond acceptors (Lipinski definition) is 6. The first kappa shape index (κ1) is 40.5. The molecule has 3 atom stereocenters. The number of halogens is 8. The largest absolute Gasteiger partial charge is 0.497 e. The highest BCUT2D eigenvalue weighted by molar-refractivity contribution is 6.34. The molecule has 0 spiro atoms. The van der Waals surface area contributed by atoms with Crippen LogP contribution in [0, 0.1) is 11.8 Å². The van der Waals surface area contributed by atoms with Crippen molar-refractivity contribution in [3.63, 3.8) is 0 Å². The fourth-order valence-electron chi connectivity index (χ4n) is 4.81. The molecule has 3 rings (SSSR count). The first-order valence-corrected chi connectivity index (χ1v) is 16.1. The molecule has 16 heteroatoms. The van der Waals surface area contributed by atoms with Gasteiger partial charge in [0, 0.05) is 33.8 Å². The number of alkyl halides is 5. The first-order valence-electron chi connectivity index (χ1n) is 14.9. The van der Waals surface area contributed by atoms with E-state index in [0.717, 1.165) is 5.32 Å². The maximum Gasteiger partial charge on any atom is 0.405 e. The van der Waals surface area contributed by atoms with Gasteiger partial charge in [0.25, 0.3) is 11.8 Å². The van der Waals surface area contributed by atoms with Crippen molar-refractivity contribution in [2.45, 2.75) is 50.9 Å². The lowest BCUT2D eigenvalue weighted by molar-refractivity contribution is -0.167. The maximum atomic E-state index is 14.9. The van der Waals surface area contributed by atoms with Gasteiger partial charge in [-0.2, -0.15) is 22.0 Å². The molecule has 0 radical (unpaired) electrons. The number of amides is 2. The van der Waals surface area contributed by atoms with Crippen molar-refractivity contribution >= 4 is 58.2 Å². The number of benzene rings is 3. The SMILES string of the molecule is COc1ccc([C@H](NC(=O)[C@@H](Cc2cccc(Cl)c2)Oc2cc(Cl)cc(Cl)c2)C(=O)C[C@H](C(=O)C(F)(F)C(=O)NCC(F)(F)F)C(C)C)cc1. The number of carbonyl (C=O) groups is 4. The fourth-order valence-corrected chi connectivity index (χ4v) is 5.53. The van der Waals surface area contributed by atoms with Gasteiger partial charge in [-0.1, -0.05) is 72.9 Å². The van der Waals surface area contributed by atoms with Gasteiger partial charge in [-0.15, -0.1) is 0 Å². The van der Waals surface area contributed by atoms with Crippen molar-refractivity contribution in [1.29, 1.82) is 0 Å². The van der Waals surface area contributed by atoms with Crippen LogP contribution < -0.4 is 20.1 Å². The van der Waals surface area contributed by atoms with E-state index in [1.54, 1.807) is 24.3 Å². The minimum absolute atomic E-state index is 0.0770. The van der Waals surface area contributed by atoms with Gasteiger partial charge in [-0.25, -0.2) is 0 Å². The summed E-state index contributed by atoms with van der Waals surface area (Å²) in [6.45, 7) is 0.558. The Morgan fingerprint density at radius 2 is 1.44 bits per heavy atom. The van der Waals surface area contributed by atoms with E-state index >= 15 is 0 Å². The highest BCUT2D eigenvalue weighted by Gasteiger charge is 2.52. The third-order valence-electron chi connectivity index (χ3n) is 7.38. The van der Waals surface area contributed by atoms with Crippen LogP contribution in [0.25, 0.3) is 0 Å². The van der Waals surface area contributed by atoms with Crippen LogP contribution in [-0.2, 0) is 25.6 Å². The molecule has 8 nitrogen and oxygen atoms in total. The van der Waals surface area contributed by atoms with Gasteiger partial charge in [0.15, 0.2) is 11.9 Å². The molecule has 3 aromatic carbocycles. The molecule has 0 unspecified atom stereocenters. The maximum absolute atomic E-state index is 14.9. The Morgan fingerprint density at radius 3 is 1.98 bits per heavy atom. The Balaban J connectivity index is 1.97. The molecule has 2 N–H and O–H groups in total. The van der Waals surface area contributed by atoms with Gasteiger partial charge in [0.1, 0.15) is 24.1 Å². The van der Waals surface area contributed by atoms with Crippen LogP contribution in [0.1, 0.15) is 37.4 Å². The number of ketones is 2. The molecule has 2 amide bonds. The van der Waals surface area contributed by atoms with Gasteiger partial charge >= 0.3 is 12.1 Å². The van der Waals surface area contributed by atoms with E-state index in [-0.39, 0.29) is 27.8 Å². The zero-order valence-electron chi connectivity index (χ0n) is 26.8. The highest BCUT2D eigenvalue weighted by atomic mass is 35.5. The van der Waals surface area contributed by atoms with Crippen LogP contribution in [0.4, 0.5) is 22.0 Å². The molecule has 0 saturated carbocycles. The van der Waals surface area contributed by atoms with Gasteiger partial charge in [0.05, 0.1) is 7.11 Å². The summed E-state index contributed by atoms with van der Waals surface area (Å²) in [5.41, 5.74) is 0.732. The molecule has 50 heavy (non-hydrogen) atoms. The second-order valence-corrected chi connectivity index (χ2v) is 12.8. The van der Waals surface area contributed by atoms with Gasteiger partial charge in [-0.05, 0) is 59.5 Å². The predicted molar refractivity (Wildman–Crippen MR) is 177 cm³/mol. The Kier molecular flexibility index (Phi) is 14.0. The van der Waals surface area contributed by atoms with Crippen molar-refractivity contribution in [2.24, 2.45) is 11.8 Å². The Hall–Kier alpha value is -3.94. The van der Waals surface area contributed by atoms with Crippen LogP contribution >= 0.6 is 34.8 Å². The van der Waals surface area contributed by atoms with Crippen LogP contribution in [0.5, 0.6) is 11.5 Å². The van der Waals surface area contributed by atoms with Crippen LogP contribution in [-0.4, -0.2) is 55.2 Å². The average Bonchev–Trinajstić information content (AvgIpc) is 3.03. The van der Waals surface area contributed by atoms with Gasteiger partial charge in [-0.3, -0.25) is 19.2 Å². The predicted octanol–water partition coefficient (Wildman–Crippen LogP) is 7.62. The first-order chi connectivity index (χ1) is 23.3. The molecule has 0 aliphatic rings. The fraction of sp³-hybridized carbons (Fsp3) is 0.353. The van der Waals surface area contributed by atoms with Crippen molar-refractivity contribution in [3.05, 3.63) is 92.9 Å². The van der Waals surface area contributed by atoms with Crippen molar-refractivity contribution in [1.82, 2.24) is 10.6 Å². The Labute approximate surface area is 299 Å². The molecular weight excluding hydrogens is 734 g/mol. The standard InChI is InChI=1S/C34H32Cl3F5N2O6/c1-18(2)26(30(46)34(41,42)32(48)43-17-33(38,39)40)16-27(45)29(20-7-9-24(49-3)10-8-20)44-31(47)28(12-19-5-4-6-21(35)11-19)50-25-14-22(36)13-23(37)15-25/h4-11,13-15,18,26,28-29H,12,16-17H2,1-3H3,(H,43,48)(H,44,47)/t26-,28+,29-/m0/s1. The minimum Gasteiger partial charge on any atom is -0.497 e. The molecule has 0 bridgehead atoms. The van der Waals surface area contributed by atoms with E-state index in [9.17, 15) is 41.1 Å².